The average molecular weight is 300 g/mol. The van der Waals surface area contributed by atoms with Gasteiger partial charge in [0.25, 0.3) is 0 Å². The van der Waals surface area contributed by atoms with Crippen molar-refractivity contribution in [1.29, 1.82) is 0 Å². The third-order valence-corrected chi connectivity index (χ3v) is 5.05. The second kappa shape index (κ2) is 6.64. The number of hydrogen-bond donors (Lipinski definition) is 1. The molecule has 0 aliphatic carbocycles. The van der Waals surface area contributed by atoms with Gasteiger partial charge in [0.15, 0.2) is 0 Å². The maximum Gasteiger partial charge on any atom is 0.0406 e. The van der Waals surface area contributed by atoms with E-state index in [4.69, 9.17) is 11.6 Å². The van der Waals surface area contributed by atoms with E-state index in [9.17, 15) is 0 Å². The van der Waals surface area contributed by atoms with E-state index in [1.807, 2.05) is 12.1 Å². The molecule has 0 saturated carbocycles. The summed E-state index contributed by atoms with van der Waals surface area (Å²) in [6.07, 6.45) is 1.23. The smallest absolute Gasteiger partial charge is 0.0406 e. The first-order valence-corrected chi connectivity index (χ1v) is 8.14. The van der Waals surface area contributed by atoms with Gasteiger partial charge < -0.3 is 5.32 Å². The summed E-state index contributed by atoms with van der Waals surface area (Å²) < 4.78 is 0. The van der Waals surface area contributed by atoms with E-state index in [-0.39, 0.29) is 0 Å². The van der Waals surface area contributed by atoms with E-state index in [1.54, 1.807) is 0 Å². The van der Waals surface area contributed by atoms with Crippen molar-refractivity contribution in [3.8, 4) is 0 Å². The summed E-state index contributed by atoms with van der Waals surface area (Å²) in [4.78, 5) is 0. The molecule has 1 aliphatic rings. The fourth-order valence-corrected chi connectivity index (χ4v) is 3.68. The molecule has 0 spiro atoms. The number of hydrogen-bond acceptors (Lipinski definition) is 1. The number of piperidine rings is 1. The Morgan fingerprint density at radius 3 is 2.48 bits per heavy atom. The number of nitrogens with one attached hydrogen (secondary N) is 1. The van der Waals surface area contributed by atoms with Crippen LogP contribution in [0.1, 0.15) is 36.3 Å². The summed E-state index contributed by atoms with van der Waals surface area (Å²) in [5.41, 5.74) is 2.85. The van der Waals surface area contributed by atoms with Crippen LogP contribution < -0.4 is 5.32 Å². The van der Waals surface area contributed by atoms with E-state index >= 15 is 0 Å². The normalized spacial score (nSPS) is 23.7. The van der Waals surface area contributed by atoms with Gasteiger partial charge in [-0.2, -0.15) is 0 Å². The van der Waals surface area contributed by atoms with E-state index in [0.29, 0.717) is 17.8 Å². The topological polar surface area (TPSA) is 12.0 Å². The third-order valence-electron chi connectivity index (χ3n) is 4.80. The fourth-order valence-electron chi connectivity index (χ4n) is 3.56. The Hall–Kier alpha value is -1.31. The highest BCUT2D eigenvalue weighted by molar-refractivity contribution is 6.30. The Labute approximate surface area is 132 Å². The quantitative estimate of drug-likeness (QED) is 0.855. The van der Waals surface area contributed by atoms with Crippen LogP contribution in [0.4, 0.5) is 0 Å². The van der Waals surface area contributed by atoms with Crippen LogP contribution in [0.5, 0.6) is 0 Å². The van der Waals surface area contributed by atoms with Crippen molar-refractivity contribution in [3.63, 3.8) is 0 Å². The molecule has 0 amide bonds. The van der Waals surface area contributed by atoms with Crippen LogP contribution >= 0.6 is 11.6 Å². The lowest BCUT2D eigenvalue weighted by atomic mass is 9.72. The zero-order valence-corrected chi connectivity index (χ0v) is 13.2. The summed E-state index contributed by atoms with van der Waals surface area (Å²) in [7, 11) is 0. The standard InChI is InChI=1S/C19H22ClN/c1-14(15-5-3-2-4-6-15)18-11-12-21-13-19(18)16-7-9-17(20)10-8-16/h2-10,14,18-19,21H,11-13H2,1H3. The van der Waals surface area contributed by atoms with Gasteiger partial charge in [-0.1, -0.05) is 61.0 Å². The molecule has 0 bridgehead atoms. The summed E-state index contributed by atoms with van der Waals surface area (Å²) >= 11 is 6.03. The predicted molar refractivity (Wildman–Crippen MR) is 90.0 cm³/mol. The molecule has 3 rings (SSSR count). The summed E-state index contributed by atoms with van der Waals surface area (Å²) in [6, 6.07) is 19.3. The Balaban J connectivity index is 1.86. The molecule has 1 nitrogen and oxygen atoms in total. The molecule has 1 fully saturated rings. The fraction of sp³-hybridized carbons (Fsp3) is 0.368. The Bertz CT molecular complexity index is 564. The van der Waals surface area contributed by atoms with Crippen molar-refractivity contribution in [2.24, 2.45) is 5.92 Å². The number of benzene rings is 2. The SMILES string of the molecule is CC(c1ccccc1)C1CCNCC1c1ccc(Cl)cc1. The highest BCUT2D eigenvalue weighted by atomic mass is 35.5. The average Bonchev–Trinajstić information content (AvgIpc) is 2.56. The Morgan fingerprint density at radius 1 is 1.05 bits per heavy atom. The van der Waals surface area contributed by atoms with Crippen molar-refractivity contribution >= 4 is 11.6 Å². The Kier molecular flexibility index (Phi) is 4.62. The molecular formula is C19H22ClN. The van der Waals surface area contributed by atoms with Gasteiger partial charge >= 0.3 is 0 Å². The molecule has 0 radical (unpaired) electrons. The zero-order valence-electron chi connectivity index (χ0n) is 12.4. The van der Waals surface area contributed by atoms with Crippen molar-refractivity contribution in [3.05, 3.63) is 70.7 Å². The second-order valence-corrected chi connectivity index (χ2v) is 6.45. The van der Waals surface area contributed by atoms with Crippen molar-refractivity contribution in [1.82, 2.24) is 5.32 Å². The highest BCUT2D eigenvalue weighted by Crippen LogP contribution is 2.39. The molecule has 1 heterocycles. The first-order valence-electron chi connectivity index (χ1n) is 7.77. The van der Waals surface area contributed by atoms with Crippen LogP contribution in [0.15, 0.2) is 54.6 Å². The van der Waals surface area contributed by atoms with Gasteiger partial charge in [0.2, 0.25) is 0 Å². The van der Waals surface area contributed by atoms with Crippen molar-refractivity contribution in [2.45, 2.75) is 25.2 Å². The molecule has 0 aromatic heterocycles. The van der Waals surface area contributed by atoms with E-state index < -0.39 is 0 Å². The zero-order chi connectivity index (χ0) is 14.7. The molecule has 21 heavy (non-hydrogen) atoms. The van der Waals surface area contributed by atoms with Crippen LogP contribution in [0.3, 0.4) is 0 Å². The van der Waals surface area contributed by atoms with Gasteiger partial charge in [-0.3, -0.25) is 0 Å². The minimum Gasteiger partial charge on any atom is -0.316 e. The molecule has 3 unspecified atom stereocenters. The van der Waals surface area contributed by atoms with Crippen LogP contribution in [0.2, 0.25) is 5.02 Å². The minimum atomic E-state index is 0.561. The van der Waals surface area contributed by atoms with Crippen molar-refractivity contribution < 1.29 is 0 Å². The van der Waals surface area contributed by atoms with E-state index in [0.717, 1.165) is 18.1 Å². The number of rotatable bonds is 3. The molecule has 1 saturated heterocycles. The van der Waals surface area contributed by atoms with Crippen LogP contribution in [-0.4, -0.2) is 13.1 Å². The van der Waals surface area contributed by atoms with Crippen LogP contribution in [0.25, 0.3) is 0 Å². The maximum atomic E-state index is 6.03. The van der Waals surface area contributed by atoms with Crippen LogP contribution in [0, 0.1) is 5.92 Å². The van der Waals surface area contributed by atoms with Gasteiger partial charge in [-0.05, 0) is 54.0 Å². The second-order valence-electron chi connectivity index (χ2n) is 6.01. The molecule has 2 heteroatoms. The Morgan fingerprint density at radius 2 is 1.76 bits per heavy atom. The highest BCUT2D eigenvalue weighted by Gasteiger charge is 2.31. The number of halogens is 1. The lowest BCUT2D eigenvalue weighted by molar-refractivity contribution is 0.285. The van der Waals surface area contributed by atoms with Gasteiger partial charge in [0.05, 0.1) is 0 Å². The lowest BCUT2D eigenvalue weighted by Crippen LogP contribution is -2.37. The molecule has 1 aliphatic heterocycles. The predicted octanol–water partition coefficient (Wildman–Crippen LogP) is 4.84. The van der Waals surface area contributed by atoms with E-state index in [1.165, 1.54) is 17.5 Å². The first kappa shape index (κ1) is 14.6. The van der Waals surface area contributed by atoms with Gasteiger partial charge in [0, 0.05) is 11.6 Å². The molecule has 110 valence electrons. The minimum absolute atomic E-state index is 0.561. The first-order chi connectivity index (χ1) is 10.3. The summed E-state index contributed by atoms with van der Waals surface area (Å²) in [6.45, 7) is 4.55. The summed E-state index contributed by atoms with van der Waals surface area (Å²) in [5.74, 6) is 1.81. The molecule has 3 atom stereocenters. The molecule has 2 aromatic carbocycles. The third kappa shape index (κ3) is 3.30. The van der Waals surface area contributed by atoms with Gasteiger partial charge in [0.1, 0.15) is 0 Å². The van der Waals surface area contributed by atoms with E-state index in [2.05, 4.69) is 54.7 Å². The van der Waals surface area contributed by atoms with Crippen LogP contribution in [-0.2, 0) is 0 Å². The largest absolute Gasteiger partial charge is 0.316 e. The summed E-state index contributed by atoms with van der Waals surface area (Å²) in [5, 5.41) is 4.37. The van der Waals surface area contributed by atoms with Crippen molar-refractivity contribution in [2.75, 3.05) is 13.1 Å². The molecule has 1 N–H and O–H groups in total. The molecular weight excluding hydrogens is 278 g/mol. The van der Waals surface area contributed by atoms with Gasteiger partial charge in [-0.15, -0.1) is 0 Å². The lowest BCUT2D eigenvalue weighted by Gasteiger charge is -2.37. The monoisotopic (exact) mass is 299 g/mol. The maximum absolute atomic E-state index is 6.03. The molecule has 2 aromatic rings. The van der Waals surface area contributed by atoms with Gasteiger partial charge in [-0.25, -0.2) is 0 Å².